The van der Waals surface area contributed by atoms with E-state index in [0.29, 0.717) is 31.9 Å². The van der Waals surface area contributed by atoms with Crippen LogP contribution in [-0.4, -0.2) is 52.6 Å². The Bertz CT molecular complexity index is 1300. The van der Waals surface area contributed by atoms with Crippen LogP contribution in [0.1, 0.15) is 33.8 Å². The van der Waals surface area contributed by atoms with E-state index >= 15 is 0 Å². The van der Waals surface area contributed by atoms with Crippen LogP contribution in [0.4, 0.5) is 10.6 Å². The molecule has 0 spiro atoms. The summed E-state index contributed by atoms with van der Waals surface area (Å²) in [5.74, 6) is -1.12. The lowest BCUT2D eigenvalue weighted by molar-refractivity contribution is -0.120. The normalized spacial score (nSPS) is 19.6. The van der Waals surface area contributed by atoms with Gasteiger partial charge in [-0.25, -0.2) is 14.3 Å². The average molecular weight is 473 g/mol. The Hall–Kier alpha value is -4.14. The molecule has 1 aromatic heterocycles. The summed E-state index contributed by atoms with van der Waals surface area (Å²) in [6.45, 7) is 1.46. The van der Waals surface area contributed by atoms with Gasteiger partial charge in [-0.15, -0.1) is 0 Å². The largest absolute Gasteiger partial charge is 0.477 e. The molecule has 9 nitrogen and oxygen atoms in total. The summed E-state index contributed by atoms with van der Waals surface area (Å²) in [6.07, 6.45) is 1.42. The van der Waals surface area contributed by atoms with Crippen molar-refractivity contribution in [3.63, 3.8) is 0 Å². The number of hydrogen-bond donors (Lipinski definition) is 2. The van der Waals surface area contributed by atoms with E-state index in [2.05, 4.69) is 34.7 Å². The number of anilines is 1. The number of carbonyl (C=O) groups excluding carboxylic acids is 2. The van der Waals surface area contributed by atoms with Crippen LogP contribution in [0, 0.1) is 11.8 Å². The number of benzene rings is 2. The van der Waals surface area contributed by atoms with Gasteiger partial charge in [-0.2, -0.15) is 5.10 Å². The first kappa shape index (κ1) is 21.4. The molecule has 0 bridgehead atoms. The smallest absolute Gasteiger partial charge is 0.407 e. The molecule has 1 saturated carbocycles. The van der Waals surface area contributed by atoms with Crippen molar-refractivity contribution < 1.29 is 24.2 Å². The Labute approximate surface area is 201 Å². The van der Waals surface area contributed by atoms with Crippen molar-refractivity contribution in [1.82, 2.24) is 15.1 Å². The van der Waals surface area contributed by atoms with E-state index in [9.17, 15) is 19.5 Å². The van der Waals surface area contributed by atoms with E-state index < -0.39 is 12.1 Å². The molecule has 3 aromatic rings. The second-order valence-electron chi connectivity index (χ2n) is 9.21. The summed E-state index contributed by atoms with van der Waals surface area (Å²) in [5.41, 5.74) is 4.68. The first-order valence-electron chi connectivity index (χ1n) is 11.7. The SMILES string of the molecule is O=C(NC[C@@H]1C[C@@H]1C(=O)N1CCn2ncc(C(=O)O)c21)OCC1c2ccccc2-c2ccccc21. The maximum Gasteiger partial charge on any atom is 0.407 e. The second-order valence-corrected chi connectivity index (χ2v) is 9.21. The number of carbonyl (C=O) groups is 3. The van der Waals surface area contributed by atoms with E-state index in [1.54, 1.807) is 4.68 Å². The van der Waals surface area contributed by atoms with Gasteiger partial charge in [0.1, 0.15) is 18.0 Å². The molecule has 6 rings (SSSR count). The Kier molecular flexibility index (Phi) is 5.05. The third kappa shape index (κ3) is 3.63. The van der Waals surface area contributed by atoms with Crippen LogP contribution in [0.5, 0.6) is 0 Å². The number of amides is 2. The maximum absolute atomic E-state index is 13.0. The minimum absolute atomic E-state index is 0.00755. The highest BCUT2D eigenvalue weighted by Gasteiger charge is 2.47. The van der Waals surface area contributed by atoms with Gasteiger partial charge >= 0.3 is 12.1 Å². The first-order valence-corrected chi connectivity index (χ1v) is 11.7. The molecule has 0 radical (unpaired) electrons. The fraction of sp³-hybridized carbons (Fsp3) is 0.308. The molecule has 2 heterocycles. The number of nitrogens with zero attached hydrogens (tertiary/aromatic N) is 3. The van der Waals surface area contributed by atoms with Gasteiger partial charge in [-0.3, -0.25) is 9.69 Å². The molecule has 2 atom stereocenters. The van der Waals surface area contributed by atoms with Gasteiger partial charge in [0.25, 0.3) is 0 Å². The predicted octanol–water partition coefficient (Wildman–Crippen LogP) is 3.10. The van der Waals surface area contributed by atoms with E-state index in [4.69, 9.17) is 4.74 Å². The zero-order valence-electron chi connectivity index (χ0n) is 18.9. The van der Waals surface area contributed by atoms with Gasteiger partial charge in [0.15, 0.2) is 0 Å². The maximum atomic E-state index is 13.0. The lowest BCUT2D eigenvalue weighted by Crippen LogP contribution is -2.33. The van der Waals surface area contributed by atoms with Gasteiger partial charge in [-0.1, -0.05) is 48.5 Å². The van der Waals surface area contributed by atoms with Crippen molar-refractivity contribution in [2.75, 3.05) is 24.6 Å². The molecule has 1 aliphatic heterocycles. The first-order chi connectivity index (χ1) is 17.0. The Morgan fingerprint density at radius 2 is 1.71 bits per heavy atom. The van der Waals surface area contributed by atoms with Crippen molar-refractivity contribution in [3.05, 3.63) is 71.4 Å². The fourth-order valence-corrected chi connectivity index (χ4v) is 5.33. The van der Waals surface area contributed by atoms with Crippen LogP contribution in [-0.2, 0) is 16.1 Å². The van der Waals surface area contributed by atoms with Crippen molar-refractivity contribution in [2.45, 2.75) is 18.9 Å². The summed E-state index contributed by atoms with van der Waals surface area (Å²) >= 11 is 0. The molecule has 2 aliphatic carbocycles. The zero-order chi connectivity index (χ0) is 24.1. The van der Waals surface area contributed by atoms with Crippen molar-refractivity contribution in [1.29, 1.82) is 0 Å². The Morgan fingerprint density at radius 3 is 2.40 bits per heavy atom. The number of hydrogen-bond acceptors (Lipinski definition) is 5. The molecular formula is C26H24N4O5. The summed E-state index contributed by atoms with van der Waals surface area (Å²) in [7, 11) is 0. The number of carboxylic acids is 1. The number of aromatic nitrogens is 2. The quantitative estimate of drug-likeness (QED) is 0.570. The third-order valence-corrected chi connectivity index (χ3v) is 7.19. The van der Waals surface area contributed by atoms with Gasteiger partial charge in [0, 0.05) is 24.9 Å². The summed E-state index contributed by atoms with van der Waals surface area (Å²) < 4.78 is 7.12. The monoisotopic (exact) mass is 472 g/mol. The lowest BCUT2D eigenvalue weighted by Gasteiger charge is -2.16. The fourth-order valence-electron chi connectivity index (χ4n) is 5.33. The molecule has 2 N–H and O–H groups in total. The number of alkyl carbamates (subject to hydrolysis) is 1. The van der Waals surface area contributed by atoms with Gasteiger partial charge in [-0.05, 0) is 34.6 Å². The van der Waals surface area contributed by atoms with E-state index in [1.165, 1.54) is 22.2 Å². The summed E-state index contributed by atoms with van der Waals surface area (Å²) in [4.78, 5) is 38.4. The molecule has 0 saturated heterocycles. The van der Waals surface area contributed by atoms with Gasteiger partial charge < -0.3 is 15.2 Å². The summed E-state index contributed by atoms with van der Waals surface area (Å²) in [5, 5.41) is 16.2. The number of aromatic carboxylic acids is 1. The minimum atomic E-state index is -1.10. The molecule has 9 heteroatoms. The highest BCUT2D eigenvalue weighted by Crippen LogP contribution is 2.45. The van der Waals surface area contributed by atoms with Crippen LogP contribution < -0.4 is 10.2 Å². The second kappa shape index (κ2) is 8.26. The number of carboxylic acid groups (broad SMARTS) is 1. The average Bonchev–Trinajstić information content (AvgIpc) is 3.18. The van der Waals surface area contributed by atoms with Crippen LogP contribution in [0.15, 0.2) is 54.7 Å². The van der Waals surface area contributed by atoms with Crippen molar-refractivity contribution >= 4 is 23.8 Å². The van der Waals surface area contributed by atoms with Crippen LogP contribution >= 0.6 is 0 Å². The Morgan fingerprint density at radius 1 is 1.03 bits per heavy atom. The number of rotatable bonds is 6. The molecule has 3 aliphatic rings. The van der Waals surface area contributed by atoms with Crippen LogP contribution in [0.3, 0.4) is 0 Å². The minimum Gasteiger partial charge on any atom is -0.477 e. The van der Waals surface area contributed by atoms with Crippen molar-refractivity contribution in [3.8, 4) is 11.1 Å². The van der Waals surface area contributed by atoms with Gasteiger partial charge in [0.05, 0.1) is 12.7 Å². The standard InChI is InChI=1S/C26H24N4O5/c31-24(29-9-10-30-23(29)21(13-28-30)25(32)33)20-11-15(20)12-27-26(34)35-14-22-18-7-3-1-5-16(18)17-6-2-4-8-19(17)22/h1-8,13,15,20,22H,9-12,14H2,(H,27,34)(H,32,33)/t15-,20-/m0/s1. The zero-order valence-corrected chi connectivity index (χ0v) is 18.9. The van der Waals surface area contributed by atoms with E-state index in [1.807, 2.05) is 24.3 Å². The van der Waals surface area contributed by atoms with E-state index in [0.717, 1.165) is 11.1 Å². The lowest BCUT2D eigenvalue weighted by atomic mass is 9.98. The van der Waals surface area contributed by atoms with E-state index in [-0.39, 0.29) is 35.8 Å². The third-order valence-electron chi connectivity index (χ3n) is 7.19. The van der Waals surface area contributed by atoms with Gasteiger partial charge in [0.2, 0.25) is 5.91 Å². The van der Waals surface area contributed by atoms with Crippen molar-refractivity contribution in [2.24, 2.45) is 11.8 Å². The predicted molar refractivity (Wildman–Crippen MR) is 126 cm³/mol. The number of fused-ring (bicyclic) bond motifs is 4. The highest BCUT2D eigenvalue weighted by atomic mass is 16.5. The number of ether oxygens (including phenoxy) is 1. The van der Waals surface area contributed by atoms with Crippen LogP contribution in [0.2, 0.25) is 0 Å². The topological polar surface area (TPSA) is 114 Å². The highest BCUT2D eigenvalue weighted by molar-refractivity contribution is 6.03. The number of nitrogens with one attached hydrogen (secondary N) is 1. The molecule has 178 valence electrons. The molecule has 1 fully saturated rings. The molecule has 2 amide bonds. The molecule has 35 heavy (non-hydrogen) atoms. The summed E-state index contributed by atoms with van der Waals surface area (Å²) in [6, 6.07) is 16.3. The van der Waals surface area contributed by atoms with Crippen LogP contribution in [0.25, 0.3) is 11.1 Å². The molecule has 0 unspecified atom stereocenters. The Balaban J connectivity index is 1.03. The molecule has 2 aromatic carbocycles. The molecular weight excluding hydrogens is 448 g/mol.